The summed E-state index contributed by atoms with van der Waals surface area (Å²) in [7, 11) is 0. The van der Waals surface area contributed by atoms with E-state index in [4.69, 9.17) is 0 Å². The maximum Gasteiger partial charge on any atom is 1.00 e. The fourth-order valence-corrected chi connectivity index (χ4v) is 0.789. The summed E-state index contributed by atoms with van der Waals surface area (Å²) in [5, 5.41) is 10.4. The summed E-state index contributed by atoms with van der Waals surface area (Å²) >= 11 is 1.39. The Kier molecular flexibility index (Phi) is 12.2. The van der Waals surface area contributed by atoms with Crippen molar-refractivity contribution < 1.29 is 34.7 Å². The fraction of sp³-hybridized carbons (Fsp3) is 0.800. The van der Waals surface area contributed by atoms with Crippen molar-refractivity contribution in [2.45, 2.75) is 20.3 Å². The van der Waals surface area contributed by atoms with Gasteiger partial charge in [-0.25, -0.2) is 0 Å². The molecule has 0 rings (SSSR count). The Morgan fingerprint density at radius 1 is 1.50 bits per heavy atom. The van der Waals surface area contributed by atoms with Crippen molar-refractivity contribution >= 4 is 11.8 Å². The van der Waals surface area contributed by atoms with E-state index in [1.54, 1.807) is 0 Å². The Morgan fingerprint density at radius 2 is 2.00 bits per heavy atom. The van der Waals surface area contributed by atoms with E-state index in [0.717, 1.165) is 5.75 Å². The summed E-state index contributed by atoms with van der Waals surface area (Å²) in [5.74, 6) is 0.909. The molecule has 0 aromatic heterocycles. The molecule has 0 N–H and O–H groups in total. The Balaban J connectivity index is 0. The minimum atomic E-state index is 0. The van der Waals surface area contributed by atoms with Gasteiger partial charge in [0.2, 0.25) is 0 Å². The van der Waals surface area contributed by atoms with Crippen molar-refractivity contribution in [3.8, 4) is 0 Å². The minimum Gasteiger partial charge on any atom is -0.629 e. The number of thioether (sulfide) groups is 1. The summed E-state index contributed by atoms with van der Waals surface area (Å²) in [5.41, 5.74) is 0.294. The maximum atomic E-state index is 10.4. The first-order valence-electron chi connectivity index (χ1n) is 2.46. The molecule has 0 spiro atoms. The van der Waals surface area contributed by atoms with Gasteiger partial charge >= 0.3 is 29.6 Å². The Labute approximate surface area is 77.5 Å². The van der Waals surface area contributed by atoms with Gasteiger partial charge in [0.15, 0.2) is 0 Å². The van der Waals surface area contributed by atoms with Gasteiger partial charge in [-0.2, -0.15) is 0 Å². The molecular weight excluding hydrogens is 131 g/mol. The molecule has 0 aromatic carbocycles. The van der Waals surface area contributed by atoms with Crippen LogP contribution in [0, 0.1) is 5.44 Å². The van der Waals surface area contributed by atoms with E-state index in [0.29, 0.717) is 11.9 Å². The van der Waals surface area contributed by atoms with Gasteiger partial charge in [-0.15, -0.1) is 0 Å². The van der Waals surface area contributed by atoms with Gasteiger partial charge in [-0.1, -0.05) is 6.92 Å². The van der Waals surface area contributed by atoms with E-state index in [2.05, 4.69) is 0 Å². The summed E-state index contributed by atoms with van der Waals surface area (Å²) in [6, 6.07) is 0. The van der Waals surface area contributed by atoms with Crippen LogP contribution in [-0.2, 0) is 0 Å². The SMILES string of the molecule is CCS[C+]([O-])CC.[Na+]. The van der Waals surface area contributed by atoms with Crippen LogP contribution in [-0.4, -0.2) is 5.75 Å². The van der Waals surface area contributed by atoms with Gasteiger partial charge in [0.25, 0.3) is 0 Å². The van der Waals surface area contributed by atoms with Crippen LogP contribution in [0.1, 0.15) is 20.3 Å². The van der Waals surface area contributed by atoms with Gasteiger partial charge in [-0.05, 0) is 6.92 Å². The van der Waals surface area contributed by atoms with Crippen molar-refractivity contribution in [3.05, 3.63) is 5.44 Å². The van der Waals surface area contributed by atoms with Crippen molar-refractivity contribution in [1.82, 2.24) is 0 Å². The molecule has 0 unspecified atom stereocenters. The third-order valence-electron chi connectivity index (χ3n) is 0.594. The zero-order valence-corrected chi connectivity index (χ0v) is 8.55. The van der Waals surface area contributed by atoms with Gasteiger partial charge < -0.3 is 5.11 Å². The summed E-state index contributed by atoms with van der Waals surface area (Å²) in [6.07, 6.45) is 0.665. The van der Waals surface area contributed by atoms with Gasteiger partial charge in [0.05, 0.1) is 18.2 Å². The minimum absolute atomic E-state index is 0. The van der Waals surface area contributed by atoms with Crippen molar-refractivity contribution in [1.29, 1.82) is 0 Å². The molecule has 42 valence electrons. The molecule has 0 heterocycles. The summed E-state index contributed by atoms with van der Waals surface area (Å²) in [4.78, 5) is 0. The van der Waals surface area contributed by atoms with Gasteiger partial charge in [0.1, 0.15) is 5.44 Å². The van der Waals surface area contributed by atoms with E-state index < -0.39 is 0 Å². The van der Waals surface area contributed by atoms with Crippen LogP contribution in [0.5, 0.6) is 0 Å². The Hall–Kier alpha value is 1.18. The third-order valence-corrected chi connectivity index (χ3v) is 1.49. The van der Waals surface area contributed by atoms with Crippen LogP contribution < -0.4 is 34.7 Å². The molecule has 0 aromatic rings. The van der Waals surface area contributed by atoms with Crippen molar-refractivity contribution in [2.75, 3.05) is 5.75 Å². The standard InChI is InChI=1S/C5H10OS.Na/c1-3-5(6)7-4-2;/h3-4H2,1-2H3;/q;+1. The molecule has 3 heteroatoms. The number of hydrogen-bond acceptors (Lipinski definition) is 2. The number of rotatable bonds is 3. The molecule has 0 bridgehead atoms. The second-order valence-electron chi connectivity index (χ2n) is 1.16. The van der Waals surface area contributed by atoms with Crippen LogP contribution in [0.4, 0.5) is 0 Å². The Bertz CT molecular complexity index is 43.4. The molecular formula is C5H10NaOS+. The maximum absolute atomic E-state index is 10.4. The first-order valence-corrected chi connectivity index (χ1v) is 3.45. The molecule has 0 atom stereocenters. The predicted octanol–water partition coefficient (Wildman–Crippen LogP) is -2.00. The molecule has 8 heavy (non-hydrogen) atoms. The van der Waals surface area contributed by atoms with Crippen molar-refractivity contribution in [2.24, 2.45) is 0 Å². The molecule has 0 saturated heterocycles. The average molecular weight is 141 g/mol. The van der Waals surface area contributed by atoms with Gasteiger partial charge in [-0.3, -0.25) is 0 Å². The molecule has 0 aliphatic carbocycles. The predicted molar refractivity (Wildman–Crippen MR) is 31.7 cm³/mol. The monoisotopic (exact) mass is 141 g/mol. The van der Waals surface area contributed by atoms with E-state index in [-0.39, 0.29) is 29.6 Å². The Morgan fingerprint density at radius 3 is 2.12 bits per heavy atom. The van der Waals surface area contributed by atoms with E-state index >= 15 is 0 Å². The fourth-order valence-electron chi connectivity index (χ4n) is 0.263. The molecule has 0 amide bonds. The first-order chi connectivity index (χ1) is 3.31. The van der Waals surface area contributed by atoms with Crippen molar-refractivity contribution in [3.63, 3.8) is 0 Å². The zero-order chi connectivity index (χ0) is 5.70. The molecule has 0 aliphatic heterocycles. The normalized spacial score (nSPS) is 7.88. The second-order valence-corrected chi connectivity index (χ2v) is 2.48. The molecule has 1 nitrogen and oxygen atoms in total. The topological polar surface area (TPSA) is 23.1 Å². The third kappa shape index (κ3) is 7.18. The quantitative estimate of drug-likeness (QED) is 0.335. The molecule has 0 fully saturated rings. The summed E-state index contributed by atoms with van der Waals surface area (Å²) in [6.45, 7) is 3.86. The molecule has 0 aliphatic rings. The van der Waals surface area contributed by atoms with E-state index in [1.165, 1.54) is 11.8 Å². The smallest absolute Gasteiger partial charge is 0.629 e. The second kappa shape index (κ2) is 8.18. The van der Waals surface area contributed by atoms with Gasteiger partial charge in [0, 0.05) is 5.75 Å². The zero-order valence-electron chi connectivity index (χ0n) is 5.73. The van der Waals surface area contributed by atoms with Crippen LogP contribution in [0.2, 0.25) is 0 Å². The van der Waals surface area contributed by atoms with Crippen LogP contribution in [0.25, 0.3) is 0 Å². The summed E-state index contributed by atoms with van der Waals surface area (Å²) < 4.78 is 0. The number of hydrogen-bond donors (Lipinski definition) is 0. The average Bonchev–Trinajstić information content (AvgIpc) is 1.68. The molecule has 0 radical (unpaired) electrons. The van der Waals surface area contributed by atoms with E-state index in [9.17, 15) is 5.11 Å². The largest absolute Gasteiger partial charge is 1.00 e. The van der Waals surface area contributed by atoms with Crippen LogP contribution in [0.3, 0.4) is 0 Å². The van der Waals surface area contributed by atoms with E-state index in [1.807, 2.05) is 13.8 Å². The van der Waals surface area contributed by atoms with Crippen LogP contribution in [0.15, 0.2) is 0 Å². The van der Waals surface area contributed by atoms with Crippen LogP contribution >= 0.6 is 11.8 Å². The first kappa shape index (κ1) is 11.9. The molecule has 0 saturated carbocycles.